The first-order valence-corrected chi connectivity index (χ1v) is 10.4. The van der Waals surface area contributed by atoms with Crippen LogP contribution in [0.15, 0.2) is 0 Å². The molecule has 0 aromatic heterocycles. The number of carbonyl (C=O) groups is 3. The van der Waals surface area contributed by atoms with Crippen molar-refractivity contribution in [3.8, 4) is 0 Å². The largest absolute Gasteiger partial charge is 0.458 e. The van der Waals surface area contributed by atoms with Gasteiger partial charge in [0.2, 0.25) is 0 Å². The van der Waals surface area contributed by atoms with Crippen molar-refractivity contribution >= 4 is 55.8 Å². The summed E-state index contributed by atoms with van der Waals surface area (Å²) in [7, 11) is 0. The molecule has 0 aromatic rings. The van der Waals surface area contributed by atoms with E-state index in [1.807, 2.05) is 0 Å². The number of hydrogen-bond acceptors (Lipinski definition) is 9. The minimum atomic E-state index is -0.933. The van der Waals surface area contributed by atoms with Gasteiger partial charge in [-0.05, 0) is 13.8 Å². The Bertz CT molecular complexity index is 443. The fraction of sp³-hybridized carbons (Fsp3) is 0.824. The van der Waals surface area contributed by atoms with Crippen LogP contribution in [0.1, 0.15) is 34.6 Å². The van der Waals surface area contributed by atoms with E-state index in [2.05, 4.69) is 37.9 Å². The molecule has 0 amide bonds. The molecule has 9 heteroatoms. The maximum absolute atomic E-state index is 12.2. The van der Waals surface area contributed by atoms with E-state index < -0.39 is 54.0 Å². The van der Waals surface area contributed by atoms with Gasteiger partial charge in [0.1, 0.15) is 12.2 Å². The predicted molar refractivity (Wildman–Crippen MR) is 110 cm³/mol. The number of carbonyl (C=O) groups excluding carboxylic acids is 3. The van der Waals surface area contributed by atoms with Gasteiger partial charge in [0.15, 0.2) is 6.10 Å². The van der Waals surface area contributed by atoms with Gasteiger partial charge in [-0.2, -0.15) is 37.9 Å². The highest BCUT2D eigenvalue weighted by molar-refractivity contribution is 7.80. The zero-order valence-electron chi connectivity index (χ0n) is 15.9. The lowest BCUT2D eigenvalue weighted by atomic mass is 10.1. The standard InChI is InChI=1S/C17H30O6S3/c1-9(6-24)15(18)21-12(4)14(23-17(20)11(3)8-26)13(5)22-16(19)10(2)7-25/h9-14,24-26H,6-8H2,1-5H3. The van der Waals surface area contributed by atoms with Crippen molar-refractivity contribution in [2.45, 2.75) is 52.9 Å². The topological polar surface area (TPSA) is 78.9 Å². The molecule has 0 radical (unpaired) electrons. The van der Waals surface area contributed by atoms with Crippen LogP contribution >= 0.6 is 37.9 Å². The monoisotopic (exact) mass is 426 g/mol. The highest BCUT2D eigenvalue weighted by atomic mass is 32.1. The molecule has 0 aliphatic carbocycles. The molecule has 0 heterocycles. The minimum absolute atomic E-state index is 0.307. The van der Waals surface area contributed by atoms with Gasteiger partial charge in [-0.3, -0.25) is 14.4 Å². The number of hydrogen-bond donors (Lipinski definition) is 3. The highest BCUT2D eigenvalue weighted by Crippen LogP contribution is 2.18. The Balaban J connectivity index is 5.23. The van der Waals surface area contributed by atoms with Crippen LogP contribution in [-0.4, -0.2) is 53.5 Å². The lowest BCUT2D eigenvalue weighted by Gasteiger charge is -2.30. The fourth-order valence-corrected chi connectivity index (χ4v) is 2.23. The third-order valence-corrected chi connectivity index (χ3v) is 5.45. The molecule has 26 heavy (non-hydrogen) atoms. The van der Waals surface area contributed by atoms with Crippen LogP contribution in [0, 0.1) is 17.8 Å². The lowest BCUT2D eigenvalue weighted by molar-refractivity contribution is -0.186. The number of thiol groups is 3. The smallest absolute Gasteiger partial charge is 0.310 e. The van der Waals surface area contributed by atoms with E-state index in [0.29, 0.717) is 17.3 Å². The molecule has 0 N–H and O–H groups in total. The lowest BCUT2D eigenvalue weighted by Crippen LogP contribution is -2.45. The van der Waals surface area contributed by atoms with E-state index in [1.54, 1.807) is 34.6 Å². The van der Waals surface area contributed by atoms with Crippen LogP contribution in [0.5, 0.6) is 0 Å². The van der Waals surface area contributed by atoms with Crippen molar-refractivity contribution in [2.75, 3.05) is 17.3 Å². The van der Waals surface area contributed by atoms with Gasteiger partial charge in [-0.15, -0.1) is 0 Å². The van der Waals surface area contributed by atoms with E-state index in [-0.39, 0.29) is 0 Å². The van der Waals surface area contributed by atoms with Gasteiger partial charge >= 0.3 is 17.9 Å². The Hall–Kier alpha value is -0.540. The Morgan fingerprint density at radius 1 is 0.615 bits per heavy atom. The maximum Gasteiger partial charge on any atom is 0.310 e. The molecule has 0 saturated carbocycles. The first-order valence-electron chi connectivity index (χ1n) is 8.52. The van der Waals surface area contributed by atoms with Gasteiger partial charge in [-0.1, -0.05) is 20.8 Å². The second-order valence-corrected chi connectivity index (χ2v) is 7.53. The molecule has 152 valence electrons. The van der Waals surface area contributed by atoms with E-state index in [9.17, 15) is 14.4 Å². The summed E-state index contributed by atoms with van der Waals surface area (Å²) in [6.07, 6.45) is -2.53. The molecule has 0 aliphatic rings. The van der Waals surface area contributed by atoms with E-state index in [4.69, 9.17) is 14.2 Å². The Kier molecular flexibility index (Phi) is 12.5. The van der Waals surface area contributed by atoms with Crippen molar-refractivity contribution in [1.29, 1.82) is 0 Å². The average Bonchev–Trinajstić information content (AvgIpc) is 2.62. The van der Waals surface area contributed by atoms with Crippen LogP contribution in [0.25, 0.3) is 0 Å². The number of ether oxygens (including phenoxy) is 3. The van der Waals surface area contributed by atoms with Crippen LogP contribution in [-0.2, 0) is 28.6 Å². The molecule has 0 spiro atoms. The summed E-state index contributed by atoms with van der Waals surface area (Å²) < 4.78 is 16.2. The second kappa shape index (κ2) is 12.8. The van der Waals surface area contributed by atoms with E-state index >= 15 is 0 Å². The zero-order valence-corrected chi connectivity index (χ0v) is 18.6. The molecule has 0 bridgehead atoms. The van der Waals surface area contributed by atoms with Crippen LogP contribution in [0.4, 0.5) is 0 Å². The van der Waals surface area contributed by atoms with Crippen molar-refractivity contribution in [2.24, 2.45) is 17.8 Å². The Morgan fingerprint density at radius 2 is 0.885 bits per heavy atom. The van der Waals surface area contributed by atoms with Crippen molar-refractivity contribution in [3.63, 3.8) is 0 Å². The van der Waals surface area contributed by atoms with Gasteiger partial charge in [-0.25, -0.2) is 0 Å². The van der Waals surface area contributed by atoms with E-state index in [0.717, 1.165) is 0 Å². The van der Waals surface area contributed by atoms with E-state index in [1.165, 1.54) is 0 Å². The molecular weight excluding hydrogens is 396 g/mol. The minimum Gasteiger partial charge on any atom is -0.458 e. The molecule has 5 unspecified atom stereocenters. The molecule has 0 aromatic carbocycles. The zero-order chi connectivity index (χ0) is 20.4. The van der Waals surface area contributed by atoms with Crippen molar-refractivity contribution < 1.29 is 28.6 Å². The molecule has 0 rings (SSSR count). The summed E-state index contributed by atoms with van der Waals surface area (Å²) in [4.78, 5) is 36.2. The highest BCUT2D eigenvalue weighted by Gasteiger charge is 2.35. The summed E-state index contributed by atoms with van der Waals surface area (Å²) in [6, 6.07) is 0. The first kappa shape index (κ1) is 25.5. The average molecular weight is 427 g/mol. The van der Waals surface area contributed by atoms with Crippen molar-refractivity contribution in [3.05, 3.63) is 0 Å². The third-order valence-electron chi connectivity index (χ3n) is 3.81. The molecule has 0 saturated heterocycles. The van der Waals surface area contributed by atoms with Crippen LogP contribution < -0.4 is 0 Å². The quantitative estimate of drug-likeness (QED) is 0.268. The van der Waals surface area contributed by atoms with Gasteiger partial charge in [0, 0.05) is 17.3 Å². The van der Waals surface area contributed by atoms with Crippen LogP contribution in [0.3, 0.4) is 0 Å². The summed E-state index contributed by atoms with van der Waals surface area (Å²) in [5.74, 6) is -1.71. The summed E-state index contributed by atoms with van der Waals surface area (Å²) in [5.41, 5.74) is 0. The Labute approximate surface area is 172 Å². The molecular formula is C17H30O6S3. The maximum atomic E-state index is 12.2. The molecule has 6 nitrogen and oxygen atoms in total. The molecule has 0 aliphatic heterocycles. The predicted octanol–water partition coefficient (Wildman–Crippen LogP) is 2.46. The Morgan fingerprint density at radius 3 is 1.15 bits per heavy atom. The molecule has 5 atom stereocenters. The van der Waals surface area contributed by atoms with Gasteiger partial charge in [0.05, 0.1) is 17.8 Å². The number of esters is 3. The van der Waals surface area contributed by atoms with Gasteiger partial charge < -0.3 is 14.2 Å². The SMILES string of the molecule is CC(CS)C(=O)OC(C)C(OC(=O)C(C)CS)C(C)OC(=O)C(C)CS. The molecule has 0 fully saturated rings. The van der Waals surface area contributed by atoms with Crippen LogP contribution in [0.2, 0.25) is 0 Å². The summed E-state index contributed by atoms with van der Waals surface area (Å²) in [5, 5.41) is 0. The second-order valence-electron chi connectivity index (χ2n) is 6.44. The first-order chi connectivity index (χ1) is 12.1. The van der Waals surface area contributed by atoms with Gasteiger partial charge in [0.25, 0.3) is 0 Å². The normalized spacial score (nSPS) is 18.0. The fourth-order valence-electron chi connectivity index (χ4n) is 1.78. The third kappa shape index (κ3) is 8.43. The number of rotatable bonds is 11. The summed E-state index contributed by atoms with van der Waals surface area (Å²) in [6.45, 7) is 8.23. The van der Waals surface area contributed by atoms with Crippen molar-refractivity contribution in [1.82, 2.24) is 0 Å². The summed E-state index contributed by atoms with van der Waals surface area (Å²) >= 11 is 12.2.